The highest BCUT2D eigenvalue weighted by Gasteiger charge is 2.33. The van der Waals surface area contributed by atoms with Gasteiger partial charge in [0.2, 0.25) is 5.91 Å². The van der Waals surface area contributed by atoms with Crippen molar-refractivity contribution in [1.29, 1.82) is 0 Å². The number of anilines is 1. The minimum atomic E-state index is 0.0610. The minimum absolute atomic E-state index is 0.0610. The predicted octanol–water partition coefficient (Wildman–Crippen LogP) is 2.96. The van der Waals surface area contributed by atoms with Gasteiger partial charge in [0.15, 0.2) is 11.5 Å². The maximum absolute atomic E-state index is 12.7. The zero-order valence-electron chi connectivity index (χ0n) is 14.3. The summed E-state index contributed by atoms with van der Waals surface area (Å²) in [7, 11) is 0. The van der Waals surface area contributed by atoms with Gasteiger partial charge in [0.25, 0.3) is 0 Å². The van der Waals surface area contributed by atoms with Crippen molar-refractivity contribution in [3.63, 3.8) is 0 Å². The van der Waals surface area contributed by atoms with Crippen molar-refractivity contribution >= 4 is 11.6 Å². The molecule has 1 aromatic heterocycles. The number of nitrogens with zero attached hydrogens (tertiary/aromatic N) is 1. The second-order valence-corrected chi connectivity index (χ2v) is 6.45. The monoisotopic (exact) mass is 342 g/mol. The Morgan fingerprint density at radius 1 is 1.20 bits per heavy atom. The molecule has 25 heavy (non-hydrogen) atoms. The Morgan fingerprint density at radius 2 is 2.04 bits per heavy atom. The summed E-state index contributed by atoms with van der Waals surface area (Å²) >= 11 is 0. The fraction of sp³-hybridized carbons (Fsp3) is 0.421. The SMILES string of the molecule is Cc1ccc(CN(C(=O)CNc2cccc3c2OCCO3)C2CC2)o1. The van der Waals surface area contributed by atoms with Gasteiger partial charge in [0.1, 0.15) is 24.7 Å². The minimum Gasteiger partial charge on any atom is -0.486 e. The van der Waals surface area contributed by atoms with Crippen molar-refractivity contribution in [2.75, 3.05) is 25.1 Å². The van der Waals surface area contributed by atoms with Gasteiger partial charge in [0.05, 0.1) is 18.8 Å². The number of carbonyl (C=O) groups excluding carboxylic acids is 1. The Kier molecular flexibility index (Phi) is 4.26. The molecule has 0 atom stereocenters. The number of carbonyl (C=O) groups is 1. The van der Waals surface area contributed by atoms with Crippen molar-refractivity contribution in [1.82, 2.24) is 4.90 Å². The molecule has 1 fully saturated rings. The molecule has 0 radical (unpaired) electrons. The van der Waals surface area contributed by atoms with E-state index in [2.05, 4.69) is 5.32 Å². The summed E-state index contributed by atoms with van der Waals surface area (Å²) in [6.07, 6.45) is 2.12. The standard InChI is InChI=1S/C19H22N2O4/c1-13-5-8-15(25-13)12-21(14-6-7-14)18(22)11-20-16-3-2-4-17-19(16)24-10-9-23-17/h2-5,8,14,20H,6-7,9-12H2,1H3. The summed E-state index contributed by atoms with van der Waals surface area (Å²) in [5.74, 6) is 3.15. The van der Waals surface area contributed by atoms with Gasteiger partial charge in [-0.05, 0) is 44.0 Å². The summed E-state index contributed by atoms with van der Waals surface area (Å²) in [6, 6.07) is 9.85. The smallest absolute Gasteiger partial charge is 0.242 e. The van der Waals surface area contributed by atoms with Gasteiger partial charge in [-0.1, -0.05) is 6.07 Å². The van der Waals surface area contributed by atoms with E-state index >= 15 is 0 Å². The molecule has 1 N–H and O–H groups in total. The van der Waals surface area contributed by atoms with Crippen LogP contribution in [0.2, 0.25) is 0 Å². The number of aryl methyl sites for hydroxylation is 1. The number of nitrogens with one attached hydrogen (secondary N) is 1. The van der Waals surface area contributed by atoms with E-state index in [-0.39, 0.29) is 12.5 Å². The van der Waals surface area contributed by atoms with Crippen LogP contribution in [0.1, 0.15) is 24.4 Å². The van der Waals surface area contributed by atoms with Crippen LogP contribution in [-0.2, 0) is 11.3 Å². The molecule has 2 aliphatic rings. The Bertz CT molecular complexity index is 767. The topological polar surface area (TPSA) is 63.9 Å². The van der Waals surface area contributed by atoms with Gasteiger partial charge >= 0.3 is 0 Å². The quantitative estimate of drug-likeness (QED) is 0.874. The highest BCUT2D eigenvalue weighted by atomic mass is 16.6. The first kappa shape index (κ1) is 15.9. The van der Waals surface area contributed by atoms with E-state index < -0.39 is 0 Å². The van der Waals surface area contributed by atoms with Gasteiger partial charge in [-0.25, -0.2) is 0 Å². The molecule has 1 amide bonds. The highest BCUT2D eigenvalue weighted by molar-refractivity contribution is 5.82. The van der Waals surface area contributed by atoms with Gasteiger partial charge < -0.3 is 24.1 Å². The van der Waals surface area contributed by atoms with Crippen LogP contribution in [0, 0.1) is 6.92 Å². The lowest BCUT2D eigenvalue weighted by Crippen LogP contribution is -2.36. The number of fused-ring (bicyclic) bond motifs is 1. The number of rotatable bonds is 6. The fourth-order valence-electron chi connectivity index (χ4n) is 3.03. The molecule has 2 aromatic rings. The van der Waals surface area contributed by atoms with Crippen molar-refractivity contribution in [2.24, 2.45) is 0 Å². The largest absolute Gasteiger partial charge is 0.486 e. The maximum atomic E-state index is 12.7. The molecule has 132 valence electrons. The van der Waals surface area contributed by atoms with Gasteiger partial charge in [-0.15, -0.1) is 0 Å². The third-order valence-corrected chi connectivity index (χ3v) is 4.43. The van der Waals surface area contributed by atoms with Crippen LogP contribution in [0.5, 0.6) is 11.5 Å². The second kappa shape index (κ2) is 6.70. The van der Waals surface area contributed by atoms with E-state index in [1.54, 1.807) is 0 Å². The number of hydrogen-bond acceptors (Lipinski definition) is 5. The van der Waals surface area contributed by atoms with Gasteiger partial charge in [-0.2, -0.15) is 0 Å². The van der Waals surface area contributed by atoms with Crippen molar-refractivity contribution in [3.05, 3.63) is 41.9 Å². The van der Waals surface area contributed by atoms with Crippen molar-refractivity contribution < 1.29 is 18.7 Å². The van der Waals surface area contributed by atoms with E-state index in [9.17, 15) is 4.79 Å². The molecule has 0 saturated heterocycles. The zero-order valence-corrected chi connectivity index (χ0v) is 14.3. The van der Waals surface area contributed by atoms with Crippen LogP contribution in [-0.4, -0.2) is 36.6 Å². The second-order valence-electron chi connectivity index (χ2n) is 6.45. The summed E-state index contributed by atoms with van der Waals surface area (Å²) in [6.45, 7) is 3.72. The molecule has 1 aromatic carbocycles. The Labute approximate surface area is 146 Å². The van der Waals surface area contributed by atoms with E-state index in [1.807, 2.05) is 42.2 Å². The molecule has 1 aliphatic carbocycles. The van der Waals surface area contributed by atoms with Crippen LogP contribution in [0.4, 0.5) is 5.69 Å². The molecule has 0 spiro atoms. The average molecular weight is 342 g/mol. The zero-order chi connectivity index (χ0) is 17.2. The Morgan fingerprint density at radius 3 is 2.80 bits per heavy atom. The fourth-order valence-corrected chi connectivity index (χ4v) is 3.03. The number of hydrogen-bond donors (Lipinski definition) is 1. The summed E-state index contributed by atoms with van der Waals surface area (Å²) < 4.78 is 16.9. The number of furan rings is 1. The third kappa shape index (κ3) is 3.57. The van der Waals surface area contributed by atoms with Gasteiger partial charge in [0, 0.05) is 6.04 Å². The third-order valence-electron chi connectivity index (χ3n) is 4.43. The van der Waals surface area contributed by atoms with Crippen LogP contribution in [0.25, 0.3) is 0 Å². The molecule has 1 aliphatic heterocycles. The molecule has 0 bridgehead atoms. The molecular weight excluding hydrogens is 320 g/mol. The van der Waals surface area contributed by atoms with Crippen LogP contribution in [0.3, 0.4) is 0 Å². The lowest BCUT2D eigenvalue weighted by atomic mass is 10.2. The van der Waals surface area contributed by atoms with E-state index in [0.29, 0.717) is 37.3 Å². The molecule has 0 unspecified atom stereocenters. The van der Waals surface area contributed by atoms with E-state index in [1.165, 1.54) is 0 Å². The molecule has 2 heterocycles. The number of amides is 1. The lowest BCUT2D eigenvalue weighted by Gasteiger charge is -2.24. The molecule has 4 rings (SSSR count). The number of benzene rings is 1. The normalized spacial score (nSPS) is 15.7. The predicted molar refractivity (Wildman–Crippen MR) is 92.9 cm³/mol. The van der Waals surface area contributed by atoms with Crippen molar-refractivity contribution in [2.45, 2.75) is 32.4 Å². The van der Waals surface area contributed by atoms with Crippen molar-refractivity contribution in [3.8, 4) is 11.5 Å². The van der Waals surface area contributed by atoms with E-state index in [4.69, 9.17) is 13.9 Å². The van der Waals surface area contributed by atoms with Crippen LogP contribution >= 0.6 is 0 Å². The number of ether oxygens (including phenoxy) is 2. The summed E-state index contributed by atoms with van der Waals surface area (Å²) in [4.78, 5) is 14.6. The summed E-state index contributed by atoms with van der Waals surface area (Å²) in [5, 5.41) is 3.20. The Balaban J connectivity index is 1.42. The van der Waals surface area contributed by atoms with Crippen LogP contribution < -0.4 is 14.8 Å². The first-order valence-electron chi connectivity index (χ1n) is 8.68. The molecule has 6 nitrogen and oxygen atoms in total. The number of para-hydroxylation sites is 1. The average Bonchev–Trinajstić information content (AvgIpc) is 3.39. The van der Waals surface area contributed by atoms with E-state index in [0.717, 1.165) is 30.0 Å². The Hall–Kier alpha value is -2.63. The first-order chi connectivity index (χ1) is 12.2. The highest BCUT2D eigenvalue weighted by Crippen LogP contribution is 2.37. The molecular formula is C19H22N2O4. The maximum Gasteiger partial charge on any atom is 0.242 e. The van der Waals surface area contributed by atoms with Gasteiger partial charge in [-0.3, -0.25) is 4.79 Å². The first-order valence-corrected chi connectivity index (χ1v) is 8.68. The molecule has 1 saturated carbocycles. The molecule has 6 heteroatoms. The summed E-state index contributed by atoms with van der Waals surface area (Å²) in [5.41, 5.74) is 0.787. The lowest BCUT2D eigenvalue weighted by molar-refractivity contribution is -0.130. The van der Waals surface area contributed by atoms with Crippen LogP contribution in [0.15, 0.2) is 34.7 Å².